The van der Waals surface area contributed by atoms with E-state index in [0.29, 0.717) is 10.7 Å². The van der Waals surface area contributed by atoms with Gasteiger partial charge in [0.15, 0.2) is 0 Å². The summed E-state index contributed by atoms with van der Waals surface area (Å²) in [7, 11) is -2.49. The van der Waals surface area contributed by atoms with Gasteiger partial charge in [0.1, 0.15) is 10.6 Å². The van der Waals surface area contributed by atoms with Gasteiger partial charge < -0.3 is 4.74 Å². The molecule has 0 amide bonds. The molecule has 0 aliphatic rings. The molecule has 0 saturated heterocycles. The van der Waals surface area contributed by atoms with Crippen LogP contribution in [0.4, 0.5) is 5.69 Å². The molecule has 3 rings (SSSR count). The van der Waals surface area contributed by atoms with E-state index in [2.05, 4.69) is 25.6 Å². The quantitative estimate of drug-likeness (QED) is 0.592. The molecule has 0 spiro atoms. The fourth-order valence-corrected chi connectivity index (χ4v) is 4.10. The standard InChI is InChI=1S/C18H14BrClN2O3S/c1-25-17-7-6-15(20)9-18(17)26(23,24)22-16-8-13(10-21-11-16)12-2-4-14(19)5-3-12/h2-11,22H,1H3. The van der Waals surface area contributed by atoms with Gasteiger partial charge >= 0.3 is 0 Å². The number of rotatable bonds is 5. The number of pyridine rings is 1. The Morgan fingerprint density at radius 2 is 1.77 bits per heavy atom. The van der Waals surface area contributed by atoms with Crippen LogP contribution in [0.15, 0.2) is 70.3 Å². The lowest BCUT2D eigenvalue weighted by atomic mass is 10.1. The summed E-state index contributed by atoms with van der Waals surface area (Å²) >= 11 is 9.32. The van der Waals surface area contributed by atoms with E-state index in [1.165, 1.54) is 25.4 Å². The fourth-order valence-electron chi connectivity index (χ4n) is 2.37. The van der Waals surface area contributed by atoms with E-state index in [0.717, 1.165) is 15.6 Å². The van der Waals surface area contributed by atoms with Crippen molar-refractivity contribution in [2.75, 3.05) is 11.8 Å². The highest BCUT2D eigenvalue weighted by molar-refractivity contribution is 9.10. The van der Waals surface area contributed by atoms with Crippen LogP contribution in [0.2, 0.25) is 5.02 Å². The van der Waals surface area contributed by atoms with Gasteiger partial charge in [0.05, 0.1) is 19.0 Å². The number of ether oxygens (including phenoxy) is 1. The summed E-state index contributed by atoms with van der Waals surface area (Å²) in [6.07, 6.45) is 3.11. The predicted octanol–water partition coefficient (Wildman–Crippen LogP) is 4.97. The van der Waals surface area contributed by atoms with Crippen LogP contribution in [0, 0.1) is 0 Å². The molecular weight excluding hydrogens is 440 g/mol. The summed E-state index contributed by atoms with van der Waals surface area (Å²) in [5.74, 6) is 0.207. The second kappa shape index (κ2) is 7.65. The maximum atomic E-state index is 12.7. The second-order valence-corrected chi connectivity index (χ2v) is 8.37. The van der Waals surface area contributed by atoms with Crippen LogP contribution in [0.3, 0.4) is 0 Å². The van der Waals surface area contributed by atoms with Gasteiger partial charge in [0.25, 0.3) is 10.0 Å². The molecule has 0 aliphatic heterocycles. The van der Waals surface area contributed by atoms with Gasteiger partial charge in [-0.2, -0.15) is 0 Å². The van der Waals surface area contributed by atoms with Crippen molar-refractivity contribution < 1.29 is 13.2 Å². The van der Waals surface area contributed by atoms with E-state index in [1.54, 1.807) is 18.3 Å². The van der Waals surface area contributed by atoms with Crippen LogP contribution < -0.4 is 9.46 Å². The van der Waals surface area contributed by atoms with E-state index in [4.69, 9.17) is 16.3 Å². The summed E-state index contributed by atoms with van der Waals surface area (Å²) in [5.41, 5.74) is 2.05. The average molecular weight is 454 g/mol. The van der Waals surface area contributed by atoms with Crippen molar-refractivity contribution in [2.24, 2.45) is 0 Å². The summed E-state index contributed by atoms with van der Waals surface area (Å²) < 4.78 is 34.1. The third-order valence-corrected chi connectivity index (χ3v) is 5.75. The van der Waals surface area contributed by atoms with E-state index >= 15 is 0 Å². The van der Waals surface area contributed by atoms with E-state index in [1.807, 2.05) is 24.3 Å². The Balaban J connectivity index is 1.95. The van der Waals surface area contributed by atoms with E-state index in [9.17, 15) is 8.42 Å². The molecule has 3 aromatic rings. The first-order chi connectivity index (χ1) is 12.4. The minimum atomic E-state index is -3.89. The first-order valence-electron chi connectivity index (χ1n) is 7.46. The number of anilines is 1. The zero-order valence-corrected chi connectivity index (χ0v) is 16.8. The number of aromatic nitrogens is 1. The third kappa shape index (κ3) is 4.17. The van der Waals surface area contributed by atoms with Crippen molar-refractivity contribution in [3.8, 4) is 16.9 Å². The van der Waals surface area contributed by atoms with Crippen molar-refractivity contribution >= 4 is 43.2 Å². The molecule has 1 N–H and O–H groups in total. The van der Waals surface area contributed by atoms with Gasteiger partial charge in [-0.1, -0.05) is 39.7 Å². The van der Waals surface area contributed by atoms with Crippen molar-refractivity contribution in [1.29, 1.82) is 0 Å². The SMILES string of the molecule is COc1ccc(Cl)cc1S(=O)(=O)Nc1cncc(-c2ccc(Br)cc2)c1. The number of nitrogens with zero attached hydrogens (tertiary/aromatic N) is 1. The molecule has 2 aromatic carbocycles. The van der Waals surface area contributed by atoms with Crippen LogP contribution >= 0.6 is 27.5 Å². The molecule has 0 aliphatic carbocycles. The monoisotopic (exact) mass is 452 g/mol. The zero-order valence-electron chi connectivity index (χ0n) is 13.6. The van der Waals surface area contributed by atoms with Crippen LogP contribution in [0.5, 0.6) is 5.75 Å². The van der Waals surface area contributed by atoms with Gasteiger partial charge in [-0.25, -0.2) is 8.42 Å². The highest BCUT2D eigenvalue weighted by Gasteiger charge is 2.20. The maximum Gasteiger partial charge on any atom is 0.265 e. The Hall–Kier alpha value is -2.09. The van der Waals surface area contributed by atoms with Crippen LogP contribution in [0.1, 0.15) is 0 Å². The topological polar surface area (TPSA) is 68.3 Å². The number of benzene rings is 2. The van der Waals surface area contributed by atoms with Crippen LogP contribution in [-0.2, 0) is 10.0 Å². The van der Waals surface area contributed by atoms with Crippen molar-refractivity contribution in [2.45, 2.75) is 4.90 Å². The molecule has 5 nitrogen and oxygen atoms in total. The summed E-state index contributed by atoms with van der Waals surface area (Å²) in [6, 6.07) is 13.8. The molecular formula is C18H14BrClN2O3S. The molecule has 26 heavy (non-hydrogen) atoms. The van der Waals surface area contributed by atoms with Crippen molar-refractivity contribution in [3.63, 3.8) is 0 Å². The van der Waals surface area contributed by atoms with Gasteiger partial charge in [-0.05, 0) is 42.0 Å². The van der Waals surface area contributed by atoms with E-state index < -0.39 is 10.0 Å². The smallest absolute Gasteiger partial charge is 0.265 e. The average Bonchev–Trinajstić information content (AvgIpc) is 2.62. The van der Waals surface area contributed by atoms with Crippen molar-refractivity contribution in [3.05, 3.63) is 70.4 Å². The summed E-state index contributed by atoms with van der Waals surface area (Å²) in [4.78, 5) is 4.09. The number of hydrogen-bond acceptors (Lipinski definition) is 4. The van der Waals surface area contributed by atoms with Gasteiger partial charge in [0, 0.05) is 21.3 Å². The Labute approximate surface area is 165 Å². The lowest BCUT2D eigenvalue weighted by Crippen LogP contribution is -2.14. The Morgan fingerprint density at radius 1 is 1.04 bits per heavy atom. The third-order valence-electron chi connectivity index (χ3n) is 3.58. The molecule has 0 fully saturated rings. The largest absolute Gasteiger partial charge is 0.495 e. The molecule has 1 aromatic heterocycles. The minimum Gasteiger partial charge on any atom is -0.495 e. The highest BCUT2D eigenvalue weighted by Crippen LogP contribution is 2.29. The number of nitrogens with one attached hydrogen (secondary N) is 1. The fraction of sp³-hybridized carbons (Fsp3) is 0.0556. The van der Waals surface area contributed by atoms with Gasteiger partial charge in [0.2, 0.25) is 0 Å². The van der Waals surface area contributed by atoms with Crippen LogP contribution in [-0.4, -0.2) is 20.5 Å². The zero-order chi connectivity index (χ0) is 18.7. The summed E-state index contributed by atoms with van der Waals surface area (Å²) in [5, 5.41) is 0.299. The molecule has 0 bridgehead atoms. The molecule has 134 valence electrons. The number of hydrogen-bond donors (Lipinski definition) is 1. The first kappa shape index (κ1) is 18.7. The second-order valence-electron chi connectivity index (χ2n) is 5.37. The highest BCUT2D eigenvalue weighted by atomic mass is 79.9. The van der Waals surface area contributed by atoms with Crippen LogP contribution in [0.25, 0.3) is 11.1 Å². The summed E-state index contributed by atoms with van der Waals surface area (Å²) in [6.45, 7) is 0. The lowest BCUT2D eigenvalue weighted by Gasteiger charge is -2.12. The Morgan fingerprint density at radius 3 is 2.46 bits per heavy atom. The predicted molar refractivity (Wildman–Crippen MR) is 106 cm³/mol. The first-order valence-corrected chi connectivity index (χ1v) is 10.1. The number of methoxy groups -OCH3 is 1. The minimum absolute atomic E-state index is 0.0402. The normalized spacial score (nSPS) is 11.2. The van der Waals surface area contributed by atoms with Gasteiger partial charge in [-0.3, -0.25) is 9.71 Å². The van der Waals surface area contributed by atoms with Gasteiger partial charge in [-0.15, -0.1) is 0 Å². The molecule has 0 radical (unpaired) electrons. The number of sulfonamides is 1. The Kier molecular flexibility index (Phi) is 5.50. The lowest BCUT2D eigenvalue weighted by molar-refractivity contribution is 0.403. The van der Waals surface area contributed by atoms with Crippen molar-refractivity contribution in [1.82, 2.24) is 4.98 Å². The maximum absolute atomic E-state index is 12.7. The Bertz CT molecular complexity index is 1040. The molecule has 0 unspecified atom stereocenters. The molecule has 0 saturated carbocycles. The van der Waals surface area contributed by atoms with E-state index in [-0.39, 0.29) is 10.6 Å². The number of halogens is 2. The molecule has 8 heteroatoms. The molecule has 0 atom stereocenters. The molecule has 1 heterocycles.